The molecule has 0 unspecified atom stereocenters. The zero-order valence-electron chi connectivity index (χ0n) is 11.6. The van der Waals surface area contributed by atoms with Crippen LogP contribution in [0.4, 0.5) is 18.9 Å². The Morgan fingerprint density at radius 3 is 2.57 bits per heavy atom. The van der Waals surface area contributed by atoms with Crippen molar-refractivity contribution in [1.29, 1.82) is 5.26 Å². The van der Waals surface area contributed by atoms with E-state index in [4.69, 9.17) is 11.0 Å². The number of hydrogen-bond acceptors (Lipinski definition) is 3. The Hall–Kier alpha value is -1.74. The summed E-state index contributed by atoms with van der Waals surface area (Å²) in [6.07, 6.45) is 0.373. The minimum atomic E-state index is -4.53. The van der Waals surface area contributed by atoms with Gasteiger partial charge in [-0.2, -0.15) is 18.4 Å². The highest BCUT2D eigenvalue weighted by Gasteiger charge is 2.34. The monoisotopic (exact) mass is 297 g/mol. The van der Waals surface area contributed by atoms with Crippen molar-refractivity contribution in [3.8, 4) is 6.07 Å². The van der Waals surface area contributed by atoms with E-state index in [9.17, 15) is 13.2 Å². The van der Waals surface area contributed by atoms with E-state index in [1.54, 1.807) is 6.07 Å². The predicted octanol–water partition coefficient (Wildman–Crippen LogP) is 3.65. The number of hydrogen-bond donors (Lipinski definition) is 2. The summed E-state index contributed by atoms with van der Waals surface area (Å²) < 4.78 is 38.8. The second-order valence-corrected chi connectivity index (χ2v) is 5.42. The molecule has 0 radical (unpaired) electrons. The summed E-state index contributed by atoms with van der Waals surface area (Å²) in [7, 11) is 0. The number of benzene rings is 1. The average molecular weight is 297 g/mol. The van der Waals surface area contributed by atoms with Crippen LogP contribution in [-0.2, 0) is 6.18 Å². The SMILES string of the molecule is N#Cc1ccc(N[C@H]2CCCCC[C@@H]2N)cc1C(F)(F)F. The smallest absolute Gasteiger partial charge is 0.381 e. The van der Waals surface area contributed by atoms with Gasteiger partial charge in [0.2, 0.25) is 0 Å². The van der Waals surface area contributed by atoms with Crippen molar-refractivity contribution in [2.75, 3.05) is 5.32 Å². The fraction of sp³-hybridized carbons (Fsp3) is 0.533. The topological polar surface area (TPSA) is 61.8 Å². The lowest BCUT2D eigenvalue weighted by Crippen LogP contribution is -2.39. The summed E-state index contributed by atoms with van der Waals surface area (Å²) in [6, 6.07) is 5.20. The van der Waals surface area contributed by atoms with Gasteiger partial charge in [-0.15, -0.1) is 0 Å². The minimum absolute atomic E-state index is 0.0264. The number of nitrogens with two attached hydrogens (primary N) is 1. The third-order valence-electron chi connectivity index (χ3n) is 3.87. The maximum Gasteiger partial charge on any atom is 0.417 e. The summed E-state index contributed by atoms with van der Waals surface area (Å²) in [5.41, 5.74) is 5.17. The Bertz CT molecular complexity index is 534. The molecule has 0 amide bonds. The van der Waals surface area contributed by atoms with Gasteiger partial charge < -0.3 is 11.1 Å². The molecule has 3 nitrogen and oxygen atoms in total. The molecule has 3 N–H and O–H groups in total. The maximum absolute atomic E-state index is 12.9. The van der Waals surface area contributed by atoms with E-state index in [-0.39, 0.29) is 17.6 Å². The number of alkyl halides is 3. The molecule has 2 rings (SSSR count). The predicted molar refractivity (Wildman–Crippen MR) is 74.6 cm³/mol. The molecule has 1 aromatic rings. The molecule has 0 spiro atoms. The van der Waals surface area contributed by atoms with Crippen molar-refractivity contribution in [3.05, 3.63) is 29.3 Å². The molecule has 1 aromatic carbocycles. The van der Waals surface area contributed by atoms with Crippen LogP contribution in [0.5, 0.6) is 0 Å². The maximum atomic E-state index is 12.9. The van der Waals surface area contributed by atoms with Gasteiger partial charge >= 0.3 is 6.18 Å². The van der Waals surface area contributed by atoms with Crippen molar-refractivity contribution in [2.24, 2.45) is 5.73 Å². The molecule has 1 aliphatic carbocycles. The number of rotatable bonds is 2. The van der Waals surface area contributed by atoms with Crippen LogP contribution in [0.1, 0.15) is 43.2 Å². The second-order valence-electron chi connectivity index (χ2n) is 5.42. The highest BCUT2D eigenvalue weighted by molar-refractivity contribution is 5.53. The van der Waals surface area contributed by atoms with Gasteiger partial charge in [-0.3, -0.25) is 0 Å². The lowest BCUT2D eigenvalue weighted by Gasteiger charge is -2.24. The van der Waals surface area contributed by atoms with Gasteiger partial charge in [0.05, 0.1) is 17.2 Å². The first-order chi connectivity index (χ1) is 9.91. The van der Waals surface area contributed by atoms with Gasteiger partial charge in [0.1, 0.15) is 0 Å². The lowest BCUT2D eigenvalue weighted by molar-refractivity contribution is -0.137. The van der Waals surface area contributed by atoms with Crippen molar-refractivity contribution >= 4 is 5.69 Å². The van der Waals surface area contributed by atoms with Crippen molar-refractivity contribution in [3.63, 3.8) is 0 Å². The summed E-state index contributed by atoms with van der Waals surface area (Å²) in [4.78, 5) is 0. The summed E-state index contributed by atoms with van der Waals surface area (Å²) in [6.45, 7) is 0. The van der Waals surface area contributed by atoms with E-state index in [2.05, 4.69) is 5.32 Å². The standard InChI is InChI=1S/C15H18F3N3/c16-15(17,18)12-8-11(7-6-10(12)9-19)21-14-5-3-1-2-4-13(14)20/h6-8,13-14,21H,1-5,20H2/t13-,14-/m0/s1. The second kappa shape index (κ2) is 6.35. The summed E-state index contributed by atoms with van der Waals surface area (Å²) in [5.74, 6) is 0. The van der Waals surface area contributed by atoms with Crippen molar-refractivity contribution in [2.45, 2.75) is 50.4 Å². The van der Waals surface area contributed by atoms with E-state index >= 15 is 0 Å². The van der Waals surface area contributed by atoms with Gasteiger partial charge in [-0.05, 0) is 31.0 Å². The van der Waals surface area contributed by atoms with Gasteiger partial charge in [-0.1, -0.05) is 19.3 Å². The molecule has 2 atom stereocenters. The first-order valence-electron chi connectivity index (χ1n) is 7.05. The zero-order valence-corrected chi connectivity index (χ0v) is 11.6. The fourth-order valence-electron chi connectivity index (χ4n) is 2.70. The molecule has 6 heteroatoms. The minimum Gasteiger partial charge on any atom is -0.381 e. The van der Waals surface area contributed by atoms with Gasteiger partial charge in [0.25, 0.3) is 0 Å². The third kappa shape index (κ3) is 3.88. The molecule has 1 saturated carbocycles. The van der Waals surface area contributed by atoms with Crippen LogP contribution in [0, 0.1) is 11.3 Å². The van der Waals surface area contributed by atoms with E-state index < -0.39 is 11.7 Å². The number of nitrogens with one attached hydrogen (secondary N) is 1. The van der Waals surface area contributed by atoms with E-state index in [0.717, 1.165) is 38.2 Å². The molecular formula is C15H18F3N3. The Morgan fingerprint density at radius 2 is 1.90 bits per heavy atom. The lowest BCUT2D eigenvalue weighted by atomic mass is 10.0. The number of halogens is 3. The molecule has 0 aromatic heterocycles. The Balaban J connectivity index is 2.23. The molecule has 1 fully saturated rings. The molecule has 0 heterocycles. The van der Waals surface area contributed by atoms with E-state index in [1.165, 1.54) is 12.1 Å². The quantitative estimate of drug-likeness (QED) is 0.819. The van der Waals surface area contributed by atoms with E-state index in [1.807, 2.05) is 0 Å². The molecule has 21 heavy (non-hydrogen) atoms. The average Bonchev–Trinajstić information content (AvgIpc) is 2.63. The van der Waals surface area contributed by atoms with Crippen LogP contribution in [0.2, 0.25) is 0 Å². The first-order valence-corrected chi connectivity index (χ1v) is 7.05. The molecule has 114 valence electrons. The van der Waals surface area contributed by atoms with Crippen LogP contribution in [-0.4, -0.2) is 12.1 Å². The van der Waals surface area contributed by atoms with Gasteiger partial charge in [-0.25, -0.2) is 0 Å². The summed E-state index contributed by atoms with van der Waals surface area (Å²) in [5, 5.41) is 11.9. The number of anilines is 1. The molecule has 0 saturated heterocycles. The Kier molecular flexibility index (Phi) is 4.73. The van der Waals surface area contributed by atoms with Crippen LogP contribution in [0.25, 0.3) is 0 Å². The third-order valence-corrected chi connectivity index (χ3v) is 3.87. The van der Waals surface area contributed by atoms with Crippen LogP contribution in [0.3, 0.4) is 0 Å². The molecule has 1 aliphatic rings. The molecular weight excluding hydrogens is 279 g/mol. The summed E-state index contributed by atoms with van der Waals surface area (Å²) >= 11 is 0. The molecule has 0 bridgehead atoms. The zero-order chi connectivity index (χ0) is 15.5. The van der Waals surface area contributed by atoms with Crippen LogP contribution in [0.15, 0.2) is 18.2 Å². The van der Waals surface area contributed by atoms with Gasteiger partial charge in [0, 0.05) is 17.8 Å². The fourth-order valence-corrected chi connectivity index (χ4v) is 2.70. The number of nitrogens with zero attached hydrogens (tertiary/aromatic N) is 1. The van der Waals surface area contributed by atoms with E-state index in [0.29, 0.717) is 5.69 Å². The van der Waals surface area contributed by atoms with Crippen LogP contribution < -0.4 is 11.1 Å². The largest absolute Gasteiger partial charge is 0.417 e. The van der Waals surface area contributed by atoms with Crippen molar-refractivity contribution < 1.29 is 13.2 Å². The Labute approximate surface area is 121 Å². The highest BCUT2D eigenvalue weighted by Crippen LogP contribution is 2.34. The van der Waals surface area contributed by atoms with Crippen molar-refractivity contribution in [1.82, 2.24) is 0 Å². The molecule has 0 aliphatic heterocycles. The normalized spacial score (nSPS) is 23.2. The number of nitriles is 1. The highest BCUT2D eigenvalue weighted by atomic mass is 19.4. The first kappa shape index (κ1) is 15.6. The Morgan fingerprint density at radius 1 is 1.19 bits per heavy atom. The van der Waals surface area contributed by atoms with Gasteiger partial charge in [0.15, 0.2) is 0 Å². The van der Waals surface area contributed by atoms with Crippen LogP contribution >= 0.6 is 0 Å².